The maximum Gasteiger partial charge on any atom is 0.196 e. The Balaban J connectivity index is 1.50. The third kappa shape index (κ3) is 4.45. The second-order valence-electron chi connectivity index (χ2n) is 10.6. The number of carbonyl (C=O) groups is 1. The summed E-state index contributed by atoms with van der Waals surface area (Å²) in [6.45, 7) is 2.78. The van der Waals surface area contributed by atoms with Gasteiger partial charge in [-0.2, -0.15) is 0 Å². The van der Waals surface area contributed by atoms with Gasteiger partial charge in [0.25, 0.3) is 0 Å². The SMILES string of the molecule is CCCCc1nc(Cl)c(-c2cc(-c3ccc4ccccc4c3)nc3c2C(=O)c2ccccc2-3)n1Cc1ccccc1. The minimum atomic E-state index is -0.0261. The summed E-state index contributed by atoms with van der Waals surface area (Å²) < 4.78 is 2.20. The Morgan fingerprint density at radius 1 is 0.756 bits per heavy atom. The number of aromatic nitrogens is 3. The van der Waals surface area contributed by atoms with E-state index in [-0.39, 0.29) is 5.78 Å². The Kier molecular flexibility index (Phi) is 6.49. The topological polar surface area (TPSA) is 47.8 Å². The molecule has 0 saturated heterocycles. The van der Waals surface area contributed by atoms with Gasteiger partial charge in [-0.1, -0.05) is 116 Å². The predicted molar refractivity (Wildman–Crippen MR) is 166 cm³/mol. The molecule has 0 saturated carbocycles. The van der Waals surface area contributed by atoms with E-state index in [1.165, 1.54) is 5.39 Å². The number of pyridine rings is 1. The molecule has 2 heterocycles. The molecule has 0 bridgehead atoms. The molecule has 0 radical (unpaired) electrons. The third-order valence-corrected chi connectivity index (χ3v) is 8.18. The minimum absolute atomic E-state index is 0.0261. The smallest absolute Gasteiger partial charge is 0.196 e. The van der Waals surface area contributed by atoms with Crippen molar-refractivity contribution < 1.29 is 4.79 Å². The molecule has 1 aliphatic rings. The number of fused-ring (bicyclic) bond motifs is 4. The van der Waals surface area contributed by atoms with E-state index in [2.05, 4.69) is 54.0 Å². The summed E-state index contributed by atoms with van der Waals surface area (Å²) in [5.74, 6) is 0.901. The minimum Gasteiger partial charge on any atom is -0.322 e. The van der Waals surface area contributed by atoms with Crippen molar-refractivity contribution in [2.24, 2.45) is 0 Å². The molecule has 2 aromatic heterocycles. The Morgan fingerprint density at radius 2 is 1.49 bits per heavy atom. The lowest BCUT2D eigenvalue weighted by Crippen LogP contribution is -2.09. The van der Waals surface area contributed by atoms with Crippen LogP contribution in [0.4, 0.5) is 0 Å². The van der Waals surface area contributed by atoms with E-state index < -0.39 is 0 Å². The zero-order chi connectivity index (χ0) is 27.9. The van der Waals surface area contributed by atoms with Gasteiger partial charge in [-0.15, -0.1) is 0 Å². The van der Waals surface area contributed by atoms with Gasteiger partial charge in [-0.3, -0.25) is 4.79 Å². The van der Waals surface area contributed by atoms with Crippen molar-refractivity contribution >= 4 is 28.2 Å². The zero-order valence-corrected chi connectivity index (χ0v) is 23.5. The summed E-state index contributed by atoms with van der Waals surface area (Å²) in [6, 6.07) is 34.8. The van der Waals surface area contributed by atoms with Gasteiger partial charge in [0.05, 0.1) is 22.6 Å². The molecule has 5 heteroatoms. The number of unbranched alkanes of at least 4 members (excludes halogenated alkanes) is 1. The zero-order valence-electron chi connectivity index (χ0n) is 22.8. The quantitative estimate of drug-likeness (QED) is 0.198. The summed E-state index contributed by atoms with van der Waals surface area (Å²) in [7, 11) is 0. The van der Waals surface area contributed by atoms with Crippen LogP contribution in [0.1, 0.15) is 47.1 Å². The molecule has 0 amide bonds. The van der Waals surface area contributed by atoms with E-state index in [4.69, 9.17) is 21.6 Å². The third-order valence-electron chi connectivity index (χ3n) is 7.92. The largest absolute Gasteiger partial charge is 0.322 e. The summed E-state index contributed by atoms with van der Waals surface area (Å²) in [4.78, 5) is 23.9. The number of halogens is 1. The van der Waals surface area contributed by atoms with Gasteiger partial charge >= 0.3 is 0 Å². The van der Waals surface area contributed by atoms with E-state index >= 15 is 0 Å². The highest BCUT2D eigenvalue weighted by molar-refractivity contribution is 6.33. The first-order valence-electron chi connectivity index (χ1n) is 14.1. The highest BCUT2D eigenvalue weighted by Crippen LogP contribution is 2.44. The van der Waals surface area contributed by atoms with Crippen LogP contribution in [0.5, 0.6) is 0 Å². The molecule has 7 rings (SSSR count). The van der Waals surface area contributed by atoms with Crippen LogP contribution in [0, 0.1) is 0 Å². The highest BCUT2D eigenvalue weighted by Gasteiger charge is 2.34. The Morgan fingerprint density at radius 3 is 2.29 bits per heavy atom. The number of hydrogen-bond acceptors (Lipinski definition) is 3. The van der Waals surface area contributed by atoms with Crippen LogP contribution in [0.15, 0.2) is 103 Å². The van der Waals surface area contributed by atoms with Crippen molar-refractivity contribution in [1.82, 2.24) is 14.5 Å². The molecule has 0 aliphatic heterocycles. The van der Waals surface area contributed by atoms with Crippen molar-refractivity contribution in [1.29, 1.82) is 0 Å². The van der Waals surface area contributed by atoms with Crippen LogP contribution in [0.25, 0.3) is 44.5 Å². The van der Waals surface area contributed by atoms with Gasteiger partial charge in [0.15, 0.2) is 10.9 Å². The van der Waals surface area contributed by atoms with Gasteiger partial charge in [-0.05, 0) is 34.9 Å². The summed E-state index contributed by atoms with van der Waals surface area (Å²) >= 11 is 7.00. The van der Waals surface area contributed by atoms with Gasteiger partial charge in [-0.25, -0.2) is 9.97 Å². The number of imidazole rings is 1. The molecule has 0 unspecified atom stereocenters. The first kappa shape index (κ1) is 25.4. The highest BCUT2D eigenvalue weighted by atomic mass is 35.5. The number of rotatable bonds is 7. The van der Waals surface area contributed by atoms with Crippen LogP contribution in [0.2, 0.25) is 5.15 Å². The number of benzene rings is 4. The molecule has 0 N–H and O–H groups in total. The van der Waals surface area contributed by atoms with Crippen molar-refractivity contribution in [3.63, 3.8) is 0 Å². The molecule has 0 spiro atoms. The van der Waals surface area contributed by atoms with Gasteiger partial charge in [0, 0.05) is 35.2 Å². The summed E-state index contributed by atoms with van der Waals surface area (Å²) in [5, 5.41) is 2.72. The van der Waals surface area contributed by atoms with Crippen LogP contribution in [-0.4, -0.2) is 20.3 Å². The van der Waals surface area contributed by atoms with Crippen LogP contribution < -0.4 is 0 Å². The van der Waals surface area contributed by atoms with Crippen molar-refractivity contribution in [3.8, 4) is 33.8 Å². The predicted octanol–water partition coefficient (Wildman–Crippen LogP) is 9.02. The first-order chi connectivity index (χ1) is 20.1. The molecule has 200 valence electrons. The van der Waals surface area contributed by atoms with Crippen molar-refractivity contribution in [2.75, 3.05) is 0 Å². The maximum absolute atomic E-state index is 14.0. The standard InChI is InChI=1S/C36H28ClN3O/c1-2-3-17-31-39-36(37)34(40(31)22-23-11-5-4-6-12-23)29-21-30(26-19-18-24-13-7-8-14-25(24)20-26)38-33-27-15-9-10-16-28(27)35(41)32(29)33/h4-16,18-21H,2-3,17,22H2,1H3. The van der Waals surface area contributed by atoms with Crippen LogP contribution in [-0.2, 0) is 13.0 Å². The van der Waals surface area contributed by atoms with E-state index in [1.54, 1.807) is 0 Å². The monoisotopic (exact) mass is 553 g/mol. The maximum atomic E-state index is 14.0. The number of carbonyl (C=O) groups excluding carboxylic acids is 1. The normalized spacial score (nSPS) is 12.1. The van der Waals surface area contributed by atoms with Crippen LogP contribution >= 0.6 is 11.6 Å². The van der Waals surface area contributed by atoms with Crippen molar-refractivity contribution in [3.05, 3.63) is 131 Å². The number of ketones is 1. The fourth-order valence-electron chi connectivity index (χ4n) is 5.86. The lowest BCUT2D eigenvalue weighted by atomic mass is 9.98. The lowest BCUT2D eigenvalue weighted by Gasteiger charge is -2.16. The second kappa shape index (κ2) is 10.5. The van der Waals surface area contributed by atoms with Crippen LogP contribution in [0.3, 0.4) is 0 Å². The molecule has 4 aromatic carbocycles. The van der Waals surface area contributed by atoms with Gasteiger partial charge in [0.2, 0.25) is 0 Å². The van der Waals surface area contributed by atoms with E-state index in [1.807, 2.05) is 60.7 Å². The van der Waals surface area contributed by atoms with E-state index in [0.29, 0.717) is 28.5 Å². The van der Waals surface area contributed by atoms with E-state index in [9.17, 15) is 4.79 Å². The number of nitrogens with zero attached hydrogens (tertiary/aromatic N) is 3. The molecule has 1 aliphatic carbocycles. The summed E-state index contributed by atoms with van der Waals surface area (Å²) in [5.41, 5.74) is 7.29. The number of hydrogen-bond donors (Lipinski definition) is 0. The molecule has 41 heavy (non-hydrogen) atoms. The van der Waals surface area contributed by atoms with Gasteiger partial charge < -0.3 is 4.57 Å². The summed E-state index contributed by atoms with van der Waals surface area (Å²) in [6.07, 6.45) is 2.86. The van der Waals surface area contributed by atoms with Crippen molar-refractivity contribution in [2.45, 2.75) is 32.7 Å². The molecule has 6 aromatic rings. The fourth-order valence-corrected chi connectivity index (χ4v) is 6.16. The number of aryl methyl sites for hydroxylation is 1. The molecule has 4 nitrogen and oxygen atoms in total. The lowest BCUT2D eigenvalue weighted by molar-refractivity contribution is 0.104. The Labute approximate surface area is 244 Å². The molecule has 0 fully saturated rings. The molecule has 0 atom stereocenters. The van der Waals surface area contributed by atoms with E-state index in [0.717, 1.165) is 64.1 Å². The Hall–Kier alpha value is -4.54. The first-order valence-corrected chi connectivity index (χ1v) is 14.5. The average molecular weight is 554 g/mol. The average Bonchev–Trinajstić information content (AvgIpc) is 3.48. The molecular formula is C36H28ClN3O. The fraction of sp³-hybridized carbons (Fsp3) is 0.139. The Bertz CT molecular complexity index is 1940. The second-order valence-corrected chi connectivity index (χ2v) is 10.9. The van der Waals surface area contributed by atoms with Gasteiger partial charge in [0.1, 0.15) is 5.82 Å². The molecular weight excluding hydrogens is 526 g/mol.